The fourth-order valence-corrected chi connectivity index (χ4v) is 2.73. The molecule has 3 heteroatoms. The van der Waals surface area contributed by atoms with Gasteiger partial charge in [-0.1, -0.05) is 25.1 Å². The van der Waals surface area contributed by atoms with Crippen molar-refractivity contribution < 1.29 is 0 Å². The third-order valence-corrected chi connectivity index (χ3v) is 3.77. The molecule has 0 atom stereocenters. The van der Waals surface area contributed by atoms with Crippen LogP contribution < -0.4 is 5.32 Å². The molecule has 0 aliphatic heterocycles. The Balaban J connectivity index is 1.76. The number of aryl methyl sites for hydroxylation is 1. The van der Waals surface area contributed by atoms with Gasteiger partial charge in [0.1, 0.15) is 0 Å². The van der Waals surface area contributed by atoms with E-state index in [0.717, 1.165) is 12.5 Å². The summed E-state index contributed by atoms with van der Waals surface area (Å²) in [6.07, 6.45) is 2.62. The maximum atomic E-state index is 4.59. The minimum Gasteiger partial charge on any atom is -0.308 e. The second-order valence-corrected chi connectivity index (χ2v) is 5.24. The first kappa shape index (κ1) is 10.8. The Morgan fingerprint density at radius 3 is 2.88 bits per heavy atom. The summed E-state index contributed by atoms with van der Waals surface area (Å²) in [6.45, 7) is 3.20. The lowest BCUT2D eigenvalue weighted by Gasteiger charge is -2.33. The van der Waals surface area contributed by atoms with Gasteiger partial charge in [-0.05, 0) is 24.8 Å². The number of nitrogens with one attached hydrogen (secondary N) is 1. The Morgan fingerprint density at radius 2 is 2.12 bits per heavy atom. The molecule has 3 nitrogen and oxygen atoms in total. The van der Waals surface area contributed by atoms with E-state index in [9.17, 15) is 0 Å². The van der Waals surface area contributed by atoms with Crippen molar-refractivity contribution in [3.05, 3.63) is 30.0 Å². The number of hydrogen-bond acceptors (Lipinski definition) is 2. The Morgan fingerprint density at radius 1 is 1.35 bits per heavy atom. The highest BCUT2D eigenvalue weighted by Gasteiger charge is 2.24. The minimum atomic E-state index is 0.700. The number of hydrogen-bond donors (Lipinski definition) is 1. The van der Waals surface area contributed by atoms with Crippen LogP contribution in [0.5, 0.6) is 0 Å². The van der Waals surface area contributed by atoms with Crippen LogP contribution in [0.2, 0.25) is 0 Å². The van der Waals surface area contributed by atoms with Crippen LogP contribution in [0.4, 0.5) is 0 Å². The van der Waals surface area contributed by atoms with E-state index in [-0.39, 0.29) is 0 Å². The van der Waals surface area contributed by atoms with E-state index < -0.39 is 0 Å². The van der Waals surface area contributed by atoms with Gasteiger partial charge in [0.25, 0.3) is 0 Å². The quantitative estimate of drug-likeness (QED) is 0.876. The Kier molecular flexibility index (Phi) is 2.63. The normalized spacial score (nSPS) is 23.9. The molecule has 1 fully saturated rings. The topological polar surface area (TPSA) is 29.9 Å². The molecule has 3 rings (SSSR count). The molecule has 2 aromatic rings. The van der Waals surface area contributed by atoms with Crippen LogP contribution in [-0.2, 0) is 13.6 Å². The van der Waals surface area contributed by atoms with Crippen LogP contribution in [0.3, 0.4) is 0 Å². The zero-order valence-electron chi connectivity index (χ0n) is 10.5. The van der Waals surface area contributed by atoms with Gasteiger partial charge in [-0.15, -0.1) is 0 Å². The smallest absolute Gasteiger partial charge is 0.0841 e. The highest BCUT2D eigenvalue weighted by Crippen LogP contribution is 2.27. The van der Waals surface area contributed by atoms with E-state index in [1.807, 2.05) is 11.7 Å². The molecule has 90 valence electrons. The molecule has 0 bridgehead atoms. The zero-order chi connectivity index (χ0) is 11.8. The Bertz CT molecular complexity index is 523. The van der Waals surface area contributed by atoms with Gasteiger partial charge in [0.05, 0.1) is 11.2 Å². The van der Waals surface area contributed by atoms with Crippen LogP contribution >= 0.6 is 0 Å². The number of fused-ring (bicyclic) bond motifs is 1. The number of nitrogens with zero attached hydrogens (tertiary/aromatic N) is 2. The Labute approximate surface area is 102 Å². The Hall–Kier alpha value is -1.35. The lowest BCUT2D eigenvalue weighted by atomic mass is 9.82. The molecule has 0 unspecified atom stereocenters. The summed E-state index contributed by atoms with van der Waals surface area (Å²) in [7, 11) is 2.01. The van der Waals surface area contributed by atoms with Crippen LogP contribution in [0.1, 0.15) is 25.5 Å². The second-order valence-electron chi connectivity index (χ2n) is 5.24. The number of para-hydroxylation sites is 1. The molecule has 1 heterocycles. The summed E-state index contributed by atoms with van der Waals surface area (Å²) in [5.74, 6) is 0.896. The highest BCUT2D eigenvalue weighted by molar-refractivity contribution is 5.81. The van der Waals surface area contributed by atoms with Gasteiger partial charge in [-0.3, -0.25) is 4.68 Å². The first-order valence-corrected chi connectivity index (χ1v) is 6.38. The summed E-state index contributed by atoms with van der Waals surface area (Å²) < 4.78 is 1.97. The standard InChI is InChI=1S/C14H19N3/c1-10-7-11(8-10)15-9-13-12-5-3-4-6-14(12)17(2)16-13/h3-6,10-11,15H,7-9H2,1-2H3. The summed E-state index contributed by atoms with van der Waals surface area (Å²) in [4.78, 5) is 0. The summed E-state index contributed by atoms with van der Waals surface area (Å²) in [5, 5.41) is 9.46. The molecule has 1 saturated carbocycles. The van der Waals surface area contributed by atoms with Crippen molar-refractivity contribution in [2.24, 2.45) is 13.0 Å². The third kappa shape index (κ3) is 1.95. The van der Waals surface area contributed by atoms with Crippen molar-refractivity contribution in [1.82, 2.24) is 15.1 Å². The van der Waals surface area contributed by atoms with E-state index in [2.05, 4.69) is 41.6 Å². The minimum absolute atomic E-state index is 0.700. The van der Waals surface area contributed by atoms with Gasteiger partial charge in [0.2, 0.25) is 0 Å². The van der Waals surface area contributed by atoms with E-state index in [4.69, 9.17) is 0 Å². The van der Waals surface area contributed by atoms with Gasteiger partial charge in [0, 0.05) is 25.0 Å². The summed E-state index contributed by atoms with van der Waals surface area (Å²) in [6, 6.07) is 9.12. The fourth-order valence-electron chi connectivity index (χ4n) is 2.73. The van der Waals surface area contributed by atoms with Crippen LogP contribution in [0, 0.1) is 5.92 Å². The molecule has 1 N–H and O–H groups in total. The molecule has 0 radical (unpaired) electrons. The van der Waals surface area contributed by atoms with Crippen molar-refractivity contribution in [1.29, 1.82) is 0 Å². The SMILES string of the molecule is CC1CC(NCc2nn(C)c3ccccc23)C1. The molecular weight excluding hydrogens is 210 g/mol. The summed E-state index contributed by atoms with van der Waals surface area (Å²) in [5.41, 5.74) is 2.38. The molecule has 0 amide bonds. The lowest BCUT2D eigenvalue weighted by molar-refractivity contribution is 0.240. The molecule has 17 heavy (non-hydrogen) atoms. The molecule has 1 aromatic heterocycles. The van der Waals surface area contributed by atoms with Crippen molar-refractivity contribution >= 4 is 10.9 Å². The van der Waals surface area contributed by atoms with Gasteiger partial charge in [0.15, 0.2) is 0 Å². The predicted octanol–water partition coefficient (Wildman–Crippen LogP) is 2.46. The maximum Gasteiger partial charge on any atom is 0.0841 e. The number of rotatable bonds is 3. The monoisotopic (exact) mass is 229 g/mol. The maximum absolute atomic E-state index is 4.59. The number of benzene rings is 1. The van der Waals surface area contributed by atoms with Gasteiger partial charge in [-0.25, -0.2) is 0 Å². The molecule has 1 aromatic carbocycles. The van der Waals surface area contributed by atoms with Crippen molar-refractivity contribution in [2.45, 2.75) is 32.4 Å². The van der Waals surface area contributed by atoms with Gasteiger partial charge in [-0.2, -0.15) is 5.10 Å². The van der Waals surface area contributed by atoms with E-state index >= 15 is 0 Å². The average Bonchev–Trinajstić information content (AvgIpc) is 2.61. The van der Waals surface area contributed by atoms with Gasteiger partial charge >= 0.3 is 0 Å². The lowest BCUT2D eigenvalue weighted by Crippen LogP contribution is -2.39. The highest BCUT2D eigenvalue weighted by atomic mass is 15.3. The van der Waals surface area contributed by atoms with Crippen molar-refractivity contribution in [3.63, 3.8) is 0 Å². The first-order valence-electron chi connectivity index (χ1n) is 6.38. The van der Waals surface area contributed by atoms with Gasteiger partial charge < -0.3 is 5.32 Å². The van der Waals surface area contributed by atoms with E-state index in [1.54, 1.807) is 0 Å². The molecular formula is C14H19N3. The van der Waals surface area contributed by atoms with Crippen LogP contribution in [-0.4, -0.2) is 15.8 Å². The van der Waals surface area contributed by atoms with Crippen LogP contribution in [0.15, 0.2) is 24.3 Å². The molecule has 0 saturated heterocycles. The first-order chi connectivity index (χ1) is 8.24. The molecule has 1 aliphatic carbocycles. The average molecular weight is 229 g/mol. The zero-order valence-corrected chi connectivity index (χ0v) is 10.5. The van der Waals surface area contributed by atoms with Crippen molar-refractivity contribution in [3.8, 4) is 0 Å². The fraction of sp³-hybridized carbons (Fsp3) is 0.500. The van der Waals surface area contributed by atoms with Crippen molar-refractivity contribution in [2.75, 3.05) is 0 Å². The third-order valence-electron chi connectivity index (χ3n) is 3.77. The van der Waals surface area contributed by atoms with E-state index in [0.29, 0.717) is 6.04 Å². The number of aromatic nitrogens is 2. The van der Waals surface area contributed by atoms with Crippen LogP contribution in [0.25, 0.3) is 10.9 Å². The van der Waals surface area contributed by atoms with E-state index in [1.165, 1.54) is 29.4 Å². The summed E-state index contributed by atoms with van der Waals surface area (Å²) >= 11 is 0. The molecule has 1 aliphatic rings. The second kappa shape index (κ2) is 4.15. The molecule has 0 spiro atoms. The predicted molar refractivity (Wildman–Crippen MR) is 69.7 cm³/mol. The largest absolute Gasteiger partial charge is 0.308 e.